The number of carbonyl (C=O) groups excluding carboxylic acids is 3. The fourth-order valence-electron chi connectivity index (χ4n) is 1.91. The zero-order valence-corrected chi connectivity index (χ0v) is 18.7. The minimum Gasteiger partial charge on any atom is -0.480 e. The van der Waals surface area contributed by atoms with Gasteiger partial charge in [-0.2, -0.15) is 0 Å². The molecule has 0 bridgehead atoms. The molecule has 0 aromatic heterocycles. The Balaban J connectivity index is 4.35. The van der Waals surface area contributed by atoms with Gasteiger partial charge in [0.15, 0.2) is 0 Å². The van der Waals surface area contributed by atoms with Crippen molar-refractivity contribution >= 4 is 31.5 Å². The summed E-state index contributed by atoms with van der Waals surface area (Å²) in [4.78, 5) is 54.7. The van der Waals surface area contributed by atoms with Crippen molar-refractivity contribution in [3.63, 3.8) is 0 Å². The molecule has 0 aliphatic carbocycles. The quantitative estimate of drug-likeness (QED) is 0.0787. The summed E-state index contributed by atoms with van der Waals surface area (Å²) in [7, 11) is -4.69. The number of carbonyl (C=O) groups is 4. The van der Waals surface area contributed by atoms with Crippen LogP contribution in [0.3, 0.4) is 0 Å². The number of phosphoric acid groups is 1. The van der Waals surface area contributed by atoms with Crippen LogP contribution in [0.1, 0.15) is 20.3 Å². The Kier molecular flexibility index (Phi) is 13.2. The first-order valence-corrected chi connectivity index (χ1v) is 10.9. The van der Waals surface area contributed by atoms with Crippen molar-refractivity contribution in [1.29, 1.82) is 0 Å². The molecule has 0 aliphatic rings. The van der Waals surface area contributed by atoms with E-state index in [2.05, 4.69) is 20.5 Å². The predicted octanol–water partition coefficient (Wildman–Crippen LogP) is -3.35. The summed E-state index contributed by atoms with van der Waals surface area (Å²) in [6, 6.07) is -1.54. The molecule has 0 spiro atoms. The molecule has 0 aromatic rings. The van der Waals surface area contributed by atoms with Crippen molar-refractivity contribution in [2.45, 2.75) is 32.4 Å². The van der Waals surface area contributed by atoms with E-state index in [0.717, 1.165) is 0 Å². The van der Waals surface area contributed by atoms with Crippen LogP contribution in [0.2, 0.25) is 0 Å². The molecular weight excluding hydrogens is 455 g/mol. The van der Waals surface area contributed by atoms with E-state index in [1.165, 1.54) is 13.8 Å². The van der Waals surface area contributed by atoms with Crippen LogP contribution in [0.25, 0.3) is 0 Å². The molecule has 1 unspecified atom stereocenters. The average molecular weight is 486 g/mol. The standard InChI is InChI=1S/C16H31N4O11P/c1-16(2,9-31-32(28,29)30-8-10(17)15(26)27)13(24)14(25)20-4-3-11(22)18-5-6-19-12(23)7-21/h10,13,21,24H,3-9,17H2,1-2H3,(H,18,22)(H,19,23)(H,20,25)(H,26,27)(H,28,29)/t10-,13-/m0/s1. The SMILES string of the molecule is CC(C)(COP(=O)(O)OC[C@H](N)C(=O)O)[C@@H](O)C(=O)NCCC(=O)NCCNC(=O)CO. The fraction of sp³-hybridized carbons (Fsp3) is 0.750. The van der Waals surface area contributed by atoms with Gasteiger partial charge >= 0.3 is 13.8 Å². The van der Waals surface area contributed by atoms with E-state index in [9.17, 15) is 33.7 Å². The average Bonchev–Trinajstić information content (AvgIpc) is 2.72. The van der Waals surface area contributed by atoms with Gasteiger partial charge in [-0.15, -0.1) is 0 Å². The number of rotatable bonds is 16. The molecule has 0 heterocycles. The van der Waals surface area contributed by atoms with Crippen LogP contribution in [-0.2, 0) is 32.8 Å². The van der Waals surface area contributed by atoms with Gasteiger partial charge in [0.05, 0.1) is 13.2 Å². The van der Waals surface area contributed by atoms with E-state index >= 15 is 0 Å². The number of aliphatic hydroxyl groups excluding tert-OH is 2. The molecule has 0 rings (SSSR count). The van der Waals surface area contributed by atoms with Crippen LogP contribution in [0.15, 0.2) is 0 Å². The van der Waals surface area contributed by atoms with E-state index in [1.807, 2.05) is 0 Å². The molecule has 0 saturated carbocycles. The van der Waals surface area contributed by atoms with Gasteiger partial charge in [-0.05, 0) is 0 Å². The van der Waals surface area contributed by atoms with Gasteiger partial charge in [0.25, 0.3) is 0 Å². The van der Waals surface area contributed by atoms with Crippen LogP contribution in [-0.4, -0.2) is 95.5 Å². The Bertz CT molecular complexity index is 703. The number of aliphatic carboxylic acids is 1. The van der Waals surface area contributed by atoms with E-state index < -0.39 is 68.9 Å². The Morgan fingerprint density at radius 2 is 1.59 bits per heavy atom. The molecule has 9 N–H and O–H groups in total. The first kappa shape index (κ1) is 29.9. The van der Waals surface area contributed by atoms with E-state index in [1.54, 1.807) is 0 Å². The van der Waals surface area contributed by atoms with Gasteiger partial charge in [-0.3, -0.25) is 28.2 Å². The lowest BCUT2D eigenvalue weighted by Crippen LogP contribution is -2.46. The Labute approximate surface area is 184 Å². The van der Waals surface area contributed by atoms with E-state index in [0.29, 0.717) is 0 Å². The molecule has 15 nitrogen and oxygen atoms in total. The number of carboxylic acid groups (broad SMARTS) is 1. The summed E-state index contributed by atoms with van der Waals surface area (Å²) < 4.78 is 21.0. The molecule has 3 amide bonds. The lowest BCUT2D eigenvalue weighted by atomic mass is 9.87. The van der Waals surface area contributed by atoms with Crippen LogP contribution in [0.4, 0.5) is 0 Å². The Morgan fingerprint density at radius 3 is 2.12 bits per heavy atom. The lowest BCUT2D eigenvalue weighted by Gasteiger charge is -2.29. The number of aliphatic hydroxyl groups is 2. The highest BCUT2D eigenvalue weighted by molar-refractivity contribution is 7.47. The van der Waals surface area contributed by atoms with Crippen molar-refractivity contribution in [3.05, 3.63) is 0 Å². The zero-order valence-electron chi connectivity index (χ0n) is 17.8. The number of hydrogen-bond donors (Lipinski definition) is 8. The molecule has 0 fully saturated rings. The van der Waals surface area contributed by atoms with Gasteiger partial charge in [0.2, 0.25) is 17.7 Å². The van der Waals surface area contributed by atoms with Gasteiger partial charge in [-0.25, -0.2) is 4.57 Å². The van der Waals surface area contributed by atoms with Crippen LogP contribution >= 0.6 is 7.82 Å². The maximum atomic E-state index is 12.1. The second-order valence-electron chi connectivity index (χ2n) is 7.27. The molecule has 186 valence electrons. The molecule has 3 atom stereocenters. The Hall–Kier alpha value is -2.13. The summed E-state index contributed by atoms with van der Waals surface area (Å²) in [5.41, 5.74) is 3.80. The summed E-state index contributed by atoms with van der Waals surface area (Å²) in [5, 5.41) is 34.5. The molecular formula is C16H31N4O11P. The van der Waals surface area contributed by atoms with Gasteiger partial charge in [0.1, 0.15) is 18.8 Å². The molecule has 0 radical (unpaired) electrons. The summed E-state index contributed by atoms with van der Waals surface area (Å²) in [5.74, 6) is -3.32. The maximum Gasteiger partial charge on any atom is 0.472 e. The number of nitrogens with one attached hydrogen (secondary N) is 3. The second kappa shape index (κ2) is 14.1. The van der Waals surface area contributed by atoms with Crippen molar-refractivity contribution in [3.8, 4) is 0 Å². The van der Waals surface area contributed by atoms with Crippen molar-refractivity contribution < 1.29 is 53.0 Å². The summed E-state index contributed by atoms with van der Waals surface area (Å²) in [6.45, 7) is 0.806. The van der Waals surface area contributed by atoms with Crippen molar-refractivity contribution in [2.24, 2.45) is 11.1 Å². The first-order valence-electron chi connectivity index (χ1n) is 9.42. The smallest absolute Gasteiger partial charge is 0.472 e. The van der Waals surface area contributed by atoms with E-state index in [4.69, 9.17) is 20.5 Å². The predicted molar refractivity (Wildman–Crippen MR) is 108 cm³/mol. The zero-order chi connectivity index (χ0) is 24.9. The van der Waals surface area contributed by atoms with Crippen LogP contribution in [0.5, 0.6) is 0 Å². The monoisotopic (exact) mass is 486 g/mol. The molecule has 16 heteroatoms. The van der Waals surface area contributed by atoms with E-state index in [-0.39, 0.29) is 26.1 Å². The largest absolute Gasteiger partial charge is 0.480 e. The first-order chi connectivity index (χ1) is 14.7. The molecule has 0 aromatic carbocycles. The van der Waals surface area contributed by atoms with Crippen molar-refractivity contribution in [1.82, 2.24) is 16.0 Å². The second-order valence-corrected chi connectivity index (χ2v) is 8.73. The minimum atomic E-state index is -4.69. The minimum absolute atomic E-state index is 0.115. The highest BCUT2D eigenvalue weighted by Crippen LogP contribution is 2.45. The number of amides is 3. The molecule has 0 aliphatic heterocycles. The normalized spacial score (nSPS) is 15.2. The third kappa shape index (κ3) is 12.7. The number of nitrogens with two attached hydrogens (primary N) is 1. The van der Waals surface area contributed by atoms with Gasteiger partial charge in [0, 0.05) is 31.5 Å². The fourth-order valence-corrected chi connectivity index (χ4v) is 2.83. The van der Waals surface area contributed by atoms with Gasteiger partial charge < -0.3 is 41.9 Å². The number of phosphoric ester groups is 1. The highest BCUT2D eigenvalue weighted by Gasteiger charge is 2.37. The number of carboxylic acids is 1. The third-order valence-electron chi connectivity index (χ3n) is 3.89. The molecule has 0 saturated heterocycles. The summed E-state index contributed by atoms with van der Waals surface area (Å²) >= 11 is 0. The maximum absolute atomic E-state index is 12.1. The third-order valence-corrected chi connectivity index (χ3v) is 4.82. The molecule has 32 heavy (non-hydrogen) atoms. The van der Waals surface area contributed by atoms with Crippen LogP contribution in [0, 0.1) is 5.41 Å². The van der Waals surface area contributed by atoms with Crippen LogP contribution < -0.4 is 21.7 Å². The van der Waals surface area contributed by atoms with Gasteiger partial charge in [-0.1, -0.05) is 13.8 Å². The Morgan fingerprint density at radius 1 is 1.03 bits per heavy atom. The topological polar surface area (TPSA) is 247 Å². The highest BCUT2D eigenvalue weighted by atomic mass is 31.2. The van der Waals surface area contributed by atoms with Crippen molar-refractivity contribution in [2.75, 3.05) is 39.5 Å². The summed E-state index contributed by atoms with van der Waals surface area (Å²) in [6.07, 6.45) is -1.80. The number of hydrogen-bond acceptors (Lipinski definition) is 10. The lowest BCUT2D eigenvalue weighted by molar-refractivity contribution is -0.140.